The van der Waals surface area contributed by atoms with E-state index in [-0.39, 0.29) is 18.4 Å². The molecule has 0 aliphatic heterocycles. The van der Waals surface area contributed by atoms with Gasteiger partial charge < -0.3 is 15.7 Å². The Bertz CT molecular complexity index is 662. The van der Waals surface area contributed by atoms with Gasteiger partial charge in [0.1, 0.15) is 11.6 Å². The Hall–Kier alpha value is -2.47. The summed E-state index contributed by atoms with van der Waals surface area (Å²) in [6.07, 6.45) is -1.00. The average molecular weight is 320 g/mol. The first-order valence-corrected chi connectivity index (χ1v) is 7.19. The average Bonchev–Trinajstić information content (AvgIpc) is 2.53. The van der Waals surface area contributed by atoms with Gasteiger partial charge in [-0.3, -0.25) is 0 Å². The second-order valence-corrected chi connectivity index (χ2v) is 5.20. The second-order valence-electron chi connectivity index (χ2n) is 5.20. The standard InChI is InChI=1S/C17H18F2N2O2/c1-11(12-5-7-14(18)8-6-12)21-17(23)20-10-16(22)13-3-2-4-15(19)9-13/h2-9,11,16,22H,10H2,1H3,(H2,20,21,23)/t11-,16+/m1/s1. The molecule has 0 aromatic heterocycles. The molecule has 4 nitrogen and oxygen atoms in total. The molecule has 2 atom stereocenters. The van der Waals surface area contributed by atoms with Crippen LogP contribution in [0.3, 0.4) is 0 Å². The van der Waals surface area contributed by atoms with Crippen molar-refractivity contribution in [3.05, 3.63) is 71.3 Å². The molecular formula is C17H18F2N2O2. The quantitative estimate of drug-likeness (QED) is 0.793. The highest BCUT2D eigenvalue weighted by Gasteiger charge is 2.12. The molecule has 2 rings (SSSR count). The molecule has 122 valence electrons. The van der Waals surface area contributed by atoms with Gasteiger partial charge in [0, 0.05) is 6.54 Å². The molecule has 0 bridgehead atoms. The summed E-state index contributed by atoms with van der Waals surface area (Å²) in [5, 5.41) is 15.1. The number of aliphatic hydroxyl groups excluding tert-OH is 1. The van der Waals surface area contributed by atoms with Gasteiger partial charge in [0.2, 0.25) is 0 Å². The van der Waals surface area contributed by atoms with Gasteiger partial charge in [0.25, 0.3) is 0 Å². The maximum Gasteiger partial charge on any atom is 0.315 e. The van der Waals surface area contributed by atoms with Crippen molar-refractivity contribution in [1.29, 1.82) is 0 Å². The number of carbonyl (C=O) groups is 1. The fourth-order valence-electron chi connectivity index (χ4n) is 2.10. The molecule has 2 amide bonds. The van der Waals surface area contributed by atoms with Crippen LogP contribution in [0.1, 0.15) is 30.2 Å². The fraction of sp³-hybridized carbons (Fsp3) is 0.235. The lowest BCUT2D eigenvalue weighted by Crippen LogP contribution is -2.39. The SMILES string of the molecule is C[C@@H](NC(=O)NC[C@H](O)c1cccc(F)c1)c1ccc(F)cc1. The number of hydrogen-bond donors (Lipinski definition) is 3. The zero-order chi connectivity index (χ0) is 16.8. The first-order valence-electron chi connectivity index (χ1n) is 7.19. The number of urea groups is 1. The van der Waals surface area contributed by atoms with E-state index in [4.69, 9.17) is 0 Å². The molecule has 0 spiro atoms. The van der Waals surface area contributed by atoms with Gasteiger partial charge in [-0.05, 0) is 42.3 Å². The van der Waals surface area contributed by atoms with Crippen molar-refractivity contribution in [1.82, 2.24) is 10.6 Å². The Labute approximate surface area is 133 Å². The molecule has 0 saturated carbocycles. The normalized spacial score (nSPS) is 13.2. The van der Waals surface area contributed by atoms with Crippen LogP contribution in [0.2, 0.25) is 0 Å². The number of carbonyl (C=O) groups excluding carboxylic acids is 1. The Balaban J connectivity index is 1.83. The van der Waals surface area contributed by atoms with Gasteiger partial charge in [-0.1, -0.05) is 24.3 Å². The lowest BCUT2D eigenvalue weighted by molar-refractivity contribution is 0.172. The summed E-state index contributed by atoms with van der Waals surface area (Å²) < 4.78 is 25.9. The van der Waals surface area contributed by atoms with Crippen LogP contribution in [0.5, 0.6) is 0 Å². The van der Waals surface area contributed by atoms with Crippen molar-refractivity contribution < 1.29 is 18.7 Å². The molecule has 0 saturated heterocycles. The van der Waals surface area contributed by atoms with E-state index in [2.05, 4.69) is 10.6 Å². The highest BCUT2D eigenvalue weighted by Crippen LogP contribution is 2.14. The van der Waals surface area contributed by atoms with Gasteiger partial charge in [0.15, 0.2) is 0 Å². The van der Waals surface area contributed by atoms with Crippen LogP contribution in [-0.2, 0) is 0 Å². The van der Waals surface area contributed by atoms with E-state index in [1.807, 2.05) is 0 Å². The van der Waals surface area contributed by atoms with E-state index < -0.39 is 18.0 Å². The van der Waals surface area contributed by atoms with E-state index in [9.17, 15) is 18.7 Å². The maximum absolute atomic E-state index is 13.1. The predicted molar refractivity (Wildman–Crippen MR) is 82.7 cm³/mol. The lowest BCUT2D eigenvalue weighted by Gasteiger charge is -2.17. The van der Waals surface area contributed by atoms with Crippen molar-refractivity contribution >= 4 is 6.03 Å². The van der Waals surface area contributed by atoms with Gasteiger partial charge in [-0.15, -0.1) is 0 Å². The molecule has 23 heavy (non-hydrogen) atoms. The summed E-state index contributed by atoms with van der Waals surface area (Å²) >= 11 is 0. The maximum atomic E-state index is 13.1. The van der Waals surface area contributed by atoms with Crippen LogP contribution in [0.15, 0.2) is 48.5 Å². The van der Waals surface area contributed by atoms with Gasteiger partial charge in [0.05, 0.1) is 12.1 Å². The number of halogens is 2. The number of hydrogen-bond acceptors (Lipinski definition) is 2. The number of amides is 2. The van der Waals surface area contributed by atoms with E-state index in [1.165, 1.54) is 30.3 Å². The molecule has 3 N–H and O–H groups in total. The highest BCUT2D eigenvalue weighted by molar-refractivity contribution is 5.74. The monoisotopic (exact) mass is 320 g/mol. The minimum atomic E-state index is -1.00. The number of nitrogens with one attached hydrogen (secondary N) is 2. The smallest absolute Gasteiger partial charge is 0.315 e. The minimum Gasteiger partial charge on any atom is -0.387 e. The predicted octanol–water partition coefficient (Wildman–Crippen LogP) is 3.06. The number of benzene rings is 2. The van der Waals surface area contributed by atoms with Gasteiger partial charge in [-0.25, -0.2) is 13.6 Å². The van der Waals surface area contributed by atoms with Crippen LogP contribution >= 0.6 is 0 Å². The third kappa shape index (κ3) is 5.03. The number of rotatable bonds is 5. The molecule has 0 aliphatic carbocycles. The molecule has 0 fully saturated rings. The fourth-order valence-corrected chi connectivity index (χ4v) is 2.10. The van der Waals surface area contributed by atoms with Crippen LogP contribution in [0, 0.1) is 11.6 Å². The summed E-state index contributed by atoms with van der Waals surface area (Å²) in [5.41, 5.74) is 1.14. The van der Waals surface area contributed by atoms with Gasteiger partial charge >= 0.3 is 6.03 Å². The van der Waals surface area contributed by atoms with Crippen LogP contribution in [0.4, 0.5) is 13.6 Å². The summed E-state index contributed by atoms with van der Waals surface area (Å²) in [5.74, 6) is -0.792. The minimum absolute atomic E-state index is 0.0502. The first kappa shape index (κ1) is 16.9. The van der Waals surface area contributed by atoms with Gasteiger partial charge in [-0.2, -0.15) is 0 Å². The van der Waals surface area contributed by atoms with E-state index in [0.717, 1.165) is 5.56 Å². The number of aliphatic hydroxyl groups is 1. The van der Waals surface area contributed by atoms with Crippen LogP contribution < -0.4 is 10.6 Å². The van der Waals surface area contributed by atoms with E-state index in [0.29, 0.717) is 5.56 Å². The molecule has 2 aromatic rings. The zero-order valence-corrected chi connectivity index (χ0v) is 12.6. The molecule has 0 heterocycles. The molecule has 2 aromatic carbocycles. The topological polar surface area (TPSA) is 61.4 Å². The second kappa shape index (κ2) is 7.69. The highest BCUT2D eigenvalue weighted by atomic mass is 19.1. The first-order chi connectivity index (χ1) is 11.0. The van der Waals surface area contributed by atoms with Crippen LogP contribution in [-0.4, -0.2) is 17.7 Å². The third-order valence-electron chi connectivity index (χ3n) is 3.41. The van der Waals surface area contributed by atoms with Crippen molar-refractivity contribution in [2.75, 3.05) is 6.54 Å². The largest absolute Gasteiger partial charge is 0.387 e. The summed E-state index contributed by atoms with van der Waals surface area (Å²) in [6.45, 7) is 1.71. The van der Waals surface area contributed by atoms with Crippen molar-refractivity contribution in [2.45, 2.75) is 19.1 Å². The Morgan fingerprint density at radius 2 is 1.78 bits per heavy atom. The van der Waals surface area contributed by atoms with Crippen molar-refractivity contribution in [2.24, 2.45) is 0 Å². The Kier molecular flexibility index (Phi) is 5.65. The molecular weight excluding hydrogens is 302 g/mol. The summed E-state index contributed by atoms with van der Waals surface area (Å²) in [4.78, 5) is 11.8. The Morgan fingerprint density at radius 1 is 1.09 bits per heavy atom. The zero-order valence-electron chi connectivity index (χ0n) is 12.6. The van der Waals surface area contributed by atoms with Crippen LogP contribution in [0.25, 0.3) is 0 Å². The third-order valence-corrected chi connectivity index (χ3v) is 3.41. The molecule has 0 radical (unpaired) electrons. The summed E-state index contributed by atoms with van der Waals surface area (Å²) in [7, 11) is 0. The Morgan fingerprint density at radius 3 is 2.43 bits per heavy atom. The molecule has 6 heteroatoms. The van der Waals surface area contributed by atoms with E-state index >= 15 is 0 Å². The van der Waals surface area contributed by atoms with E-state index in [1.54, 1.807) is 25.1 Å². The molecule has 0 aliphatic rings. The van der Waals surface area contributed by atoms with Crippen molar-refractivity contribution in [3.8, 4) is 0 Å². The lowest BCUT2D eigenvalue weighted by atomic mass is 10.1. The van der Waals surface area contributed by atoms with Crippen molar-refractivity contribution in [3.63, 3.8) is 0 Å². The summed E-state index contributed by atoms with van der Waals surface area (Å²) in [6, 6.07) is 10.6. The molecule has 0 unspecified atom stereocenters.